The van der Waals surface area contributed by atoms with Gasteiger partial charge in [-0.1, -0.05) is 60.1 Å². The number of hydrogen-bond donors (Lipinski definition) is 1. The molecule has 0 spiro atoms. The van der Waals surface area contributed by atoms with Crippen molar-refractivity contribution in [3.63, 3.8) is 0 Å². The van der Waals surface area contributed by atoms with Crippen molar-refractivity contribution in [2.75, 3.05) is 7.11 Å². The van der Waals surface area contributed by atoms with Crippen LogP contribution in [0.1, 0.15) is 16.7 Å². The molecule has 0 fully saturated rings. The number of methoxy groups -OCH3 is 1. The highest BCUT2D eigenvalue weighted by Crippen LogP contribution is 2.37. The van der Waals surface area contributed by atoms with Crippen LogP contribution in [0.3, 0.4) is 0 Å². The largest absolute Gasteiger partial charge is 0.493 e. The molecular formula is C24H21BrClNO3. The normalized spacial score (nSPS) is 10.8. The summed E-state index contributed by atoms with van der Waals surface area (Å²) in [6.07, 6.45) is 3.19. The van der Waals surface area contributed by atoms with Crippen molar-refractivity contribution in [2.24, 2.45) is 0 Å². The second-order valence-corrected chi connectivity index (χ2v) is 7.71. The fraction of sp³-hybridized carbons (Fsp3) is 0.125. The first-order valence-corrected chi connectivity index (χ1v) is 10.5. The van der Waals surface area contributed by atoms with Gasteiger partial charge < -0.3 is 14.8 Å². The fourth-order valence-electron chi connectivity index (χ4n) is 2.76. The Balaban J connectivity index is 1.65. The fourth-order valence-corrected chi connectivity index (χ4v) is 3.54. The van der Waals surface area contributed by atoms with Crippen molar-refractivity contribution in [1.82, 2.24) is 5.32 Å². The van der Waals surface area contributed by atoms with Crippen molar-refractivity contribution in [1.29, 1.82) is 0 Å². The lowest BCUT2D eigenvalue weighted by Gasteiger charge is -2.13. The molecule has 0 aliphatic carbocycles. The molecule has 0 saturated carbocycles. The van der Waals surface area contributed by atoms with Gasteiger partial charge in [0.15, 0.2) is 11.5 Å². The Morgan fingerprint density at radius 1 is 1.10 bits per heavy atom. The Labute approximate surface area is 189 Å². The van der Waals surface area contributed by atoms with Gasteiger partial charge in [0.2, 0.25) is 5.91 Å². The predicted octanol–water partition coefficient (Wildman–Crippen LogP) is 6.02. The van der Waals surface area contributed by atoms with Crippen LogP contribution in [0.2, 0.25) is 5.02 Å². The smallest absolute Gasteiger partial charge is 0.244 e. The summed E-state index contributed by atoms with van der Waals surface area (Å²) in [5.74, 6) is 0.979. The molecule has 6 heteroatoms. The molecule has 3 aromatic rings. The molecule has 0 atom stereocenters. The number of ether oxygens (including phenoxy) is 2. The molecule has 0 bridgehead atoms. The van der Waals surface area contributed by atoms with E-state index in [0.717, 1.165) is 21.2 Å². The zero-order valence-electron chi connectivity index (χ0n) is 16.4. The molecule has 0 aromatic heterocycles. The van der Waals surface area contributed by atoms with E-state index in [1.165, 1.54) is 6.08 Å². The minimum Gasteiger partial charge on any atom is -0.493 e. The van der Waals surface area contributed by atoms with Gasteiger partial charge in [-0.05, 0) is 56.9 Å². The number of rotatable bonds is 8. The summed E-state index contributed by atoms with van der Waals surface area (Å²) >= 11 is 9.65. The monoisotopic (exact) mass is 485 g/mol. The molecule has 3 rings (SSSR count). The Hall–Kier alpha value is -2.76. The third kappa shape index (κ3) is 6.12. The van der Waals surface area contributed by atoms with Crippen molar-refractivity contribution < 1.29 is 14.3 Å². The van der Waals surface area contributed by atoms with Crippen molar-refractivity contribution in [2.45, 2.75) is 13.2 Å². The topological polar surface area (TPSA) is 47.6 Å². The lowest BCUT2D eigenvalue weighted by Crippen LogP contribution is -2.20. The van der Waals surface area contributed by atoms with Crippen LogP contribution in [0, 0.1) is 0 Å². The number of benzene rings is 3. The van der Waals surface area contributed by atoms with Gasteiger partial charge in [0, 0.05) is 17.6 Å². The number of hydrogen-bond acceptors (Lipinski definition) is 3. The van der Waals surface area contributed by atoms with Gasteiger partial charge in [0.05, 0.1) is 11.6 Å². The van der Waals surface area contributed by atoms with Crippen LogP contribution >= 0.6 is 27.5 Å². The average molecular weight is 487 g/mol. The highest BCUT2D eigenvalue weighted by molar-refractivity contribution is 9.10. The molecule has 0 aliphatic rings. The van der Waals surface area contributed by atoms with Crippen LogP contribution in [-0.2, 0) is 17.9 Å². The van der Waals surface area contributed by atoms with Crippen LogP contribution in [-0.4, -0.2) is 13.0 Å². The van der Waals surface area contributed by atoms with Crippen LogP contribution < -0.4 is 14.8 Å². The van der Waals surface area contributed by atoms with Gasteiger partial charge in [-0.2, -0.15) is 0 Å². The SMILES string of the molecule is COc1cc(/C=C/C(=O)NCc2ccccc2Cl)cc(Br)c1OCc1ccccc1. The van der Waals surface area contributed by atoms with E-state index in [-0.39, 0.29) is 5.91 Å². The van der Waals surface area contributed by atoms with Gasteiger partial charge in [-0.25, -0.2) is 0 Å². The summed E-state index contributed by atoms with van der Waals surface area (Å²) in [5, 5.41) is 3.45. The number of halogens is 2. The summed E-state index contributed by atoms with van der Waals surface area (Å²) in [6, 6.07) is 21.0. The third-order valence-corrected chi connectivity index (χ3v) is 5.27. The zero-order valence-corrected chi connectivity index (χ0v) is 18.7. The molecule has 3 aromatic carbocycles. The molecule has 0 radical (unpaired) electrons. The van der Waals surface area contributed by atoms with E-state index in [4.69, 9.17) is 21.1 Å². The van der Waals surface area contributed by atoms with Gasteiger partial charge in [0.25, 0.3) is 0 Å². The first kappa shape index (κ1) is 21.9. The Kier molecular flexibility index (Phi) is 7.94. The second-order valence-electron chi connectivity index (χ2n) is 6.45. The molecule has 154 valence electrons. The molecular weight excluding hydrogens is 466 g/mol. The second kappa shape index (κ2) is 10.9. The highest BCUT2D eigenvalue weighted by atomic mass is 79.9. The minimum absolute atomic E-state index is 0.214. The minimum atomic E-state index is -0.214. The first-order chi connectivity index (χ1) is 14.6. The van der Waals surface area contributed by atoms with Crippen molar-refractivity contribution in [3.8, 4) is 11.5 Å². The van der Waals surface area contributed by atoms with E-state index in [0.29, 0.717) is 29.7 Å². The van der Waals surface area contributed by atoms with E-state index in [2.05, 4.69) is 21.2 Å². The average Bonchev–Trinajstić information content (AvgIpc) is 2.76. The maximum Gasteiger partial charge on any atom is 0.244 e. The van der Waals surface area contributed by atoms with Crippen LogP contribution in [0.5, 0.6) is 11.5 Å². The van der Waals surface area contributed by atoms with Gasteiger partial charge in [0.1, 0.15) is 6.61 Å². The molecule has 1 N–H and O–H groups in total. The summed E-state index contributed by atoms with van der Waals surface area (Å²) in [6.45, 7) is 0.789. The van der Waals surface area contributed by atoms with E-state index in [1.807, 2.05) is 60.7 Å². The molecule has 1 amide bonds. The van der Waals surface area contributed by atoms with Gasteiger partial charge >= 0.3 is 0 Å². The lowest BCUT2D eigenvalue weighted by atomic mass is 10.1. The number of carbonyl (C=O) groups excluding carboxylic acids is 1. The molecule has 30 heavy (non-hydrogen) atoms. The van der Waals surface area contributed by atoms with Crippen LogP contribution in [0.4, 0.5) is 0 Å². The molecule has 0 saturated heterocycles. The Bertz CT molecular complexity index is 1040. The van der Waals surface area contributed by atoms with Crippen molar-refractivity contribution >= 4 is 39.5 Å². The highest BCUT2D eigenvalue weighted by Gasteiger charge is 2.11. The molecule has 0 heterocycles. The van der Waals surface area contributed by atoms with E-state index in [9.17, 15) is 4.79 Å². The summed E-state index contributed by atoms with van der Waals surface area (Å²) in [7, 11) is 1.58. The third-order valence-electron chi connectivity index (χ3n) is 4.32. The van der Waals surface area contributed by atoms with E-state index in [1.54, 1.807) is 19.3 Å². The summed E-state index contributed by atoms with van der Waals surface area (Å²) < 4.78 is 12.2. The zero-order chi connectivity index (χ0) is 21.3. The maximum absolute atomic E-state index is 12.2. The molecule has 4 nitrogen and oxygen atoms in total. The summed E-state index contributed by atoms with van der Waals surface area (Å²) in [5.41, 5.74) is 2.73. The van der Waals surface area contributed by atoms with E-state index < -0.39 is 0 Å². The maximum atomic E-state index is 12.2. The summed E-state index contributed by atoms with van der Waals surface area (Å²) in [4.78, 5) is 12.2. The number of amides is 1. The standard InChI is InChI=1S/C24H21BrClNO3/c1-29-22-14-18(11-12-23(28)27-15-19-9-5-6-10-21(19)26)13-20(25)24(22)30-16-17-7-3-2-4-8-17/h2-14H,15-16H2,1H3,(H,27,28)/b12-11+. The first-order valence-electron chi connectivity index (χ1n) is 9.30. The Morgan fingerprint density at radius 3 is 2.57 bits per heavy atom. The molecule has 0 unspecified atom stereocenters. The van der Waals surface area contributed by atoms with Crippen LogP contribution in [0.15, 0.2) is 77.3 Å². The molecule has 0 aliphatic heterocycles. The number of nitrogens with one attached hydrogen (secondary N) is 1. The lowest BCUT2D eigenvalue weighted by molar-refractivity contribution is -0.116. The van der Waals surface area contributed by atoms with E-state index >= 15 is 0 Å². The number of carbonyl (C=O) groups is 1. The quantitative estimate of drug-likeness (QED) is 0.396. The Morgan fingerprint density at radius 2 is 1.83 bits per heavy atom. The van der Waals surface area contributed by atoms with Crippen molar-refractivity contribution in [3.05, 3.63) is 99.0 Å². The van der Waals surface area contributed by atoms with Gasteiger partial charge in [-0.3, -0.25) is 4.79 Å². The predicted molar refractivity (Wildman–Crippen MR) is 124 cm³/mol. The van der Waals surface area contributed by atoms with Gasteiger partial charge in [-0.15, -0.1) is 0 Å². The van der Waals surface area contributed by atoms with Crippen LogP contribution in [0.25, 0.3) is 6.08 Å².